The Hall–Kier alpha value is -1.88. The summed E-state index contributed by atoms with van der Waals surface area (Å²) in [6.45, 7) is 3.83. The number of carbonyl (C=O) groups is 2. The van der Waals surface area contributed by atoms with E-state index in [1.807, 2.05) is 37.3 Å². The number of β-lactam (4-membered cyclic amide) rings is 1. The zero-order valence-corrected chi connectivity index (χ0v) is 11.6. The fourth-order valence-electron chi connectivity index (χ4n) is 2.42. The maximum atomic E-state index is 11.6. The summed E-state index contributed by atoms with van der Waals surface area (Å²) in [6.07, 6.45) is -0.309. The van der Waals surface area contributed by atoms with Gasteiger partial charge in [0.05, 0.1) is 30.6 Å². The Morgan fingerprint density at radius 3 is 2.55 bits per heavy atom. The molecule has 1 aromatic rings. The Morgan fingerprint density at radius 2 is 2.00 bits per heavy atom. The first-order valence-corrected chi connectivity index (χ1v) is 6.69. The molecule has 2 rings (SSSR count). The zero-order chi connectivity index (χ0) is 14.7. The van der Waals surface area contributed by atoms with E-state index >= 15 is 0 Å². The Morgan fingerprint density at radius 1 is 1.35 bits per heavy atom. The molecule has 108 valence electrons. The van der Waals surface area contributed by atoms with Gasteiger partial charge in [-0.2, -0.15) is 0 Å². The molecule has 0 spiro atoms. The second-order valence-electron chi connectivity index (χ2n) is 5.19. The van der Waals surface area contributed by atoms with Gasteiger partial charge in [-0.25, -0.2) is 0 Å². The summed E-state index contributed by atoms with van der Waals surface area (Å²) in [7, 11) is 0. The van der Waals surface area contributed by atoms with Crippen LogP contribution in [-0.2, 0) is 20.9 Å². The molecule has 2 N–H and O–H groups in total. The lowest BCUT2D eigenvalue weighted by atomic mass is 9.79. The molecule has 4 atom stereocenters. The number of carboxylic acid groups (broad SMARTS) is 1. The number of hydrogen-bond acceptors (Lipinski definition) is 3. The highest BCUT2D eigenvalue weighted by Gasteiger charge is 2.47. The third kappa shape index (κ3) is 2.99. The summed E-state index contributed by atoms with van der Waals surface area (Å²) in [6, 6.07) is 9.32. The van der Waals surface area contributed by atoms with Crippen LogP contribution in [0.2, 0.25) is 0 Å². The summed E-state index contributed by atoms with van der Waals surface area (Å²) in [5, 5.41) is 11.7. The molecule has 1 fully saturated rings. The van der Waals surface area contributed by atoms with E-state index in [1.54, 1.807) is 6.92 Å². The van der Waals surface area contributed by atoms with E-state index in [-0.39, 0.29) is 18.1 Å². The molecule has 1 aromatic carbocycles. The van der Waals surface area contributed by atoms with Crippen molar-refractivity contribution >= 4 is 11.9 Å². The minimum atomic E-state index is -0.907. The molecule has 0 aromatic heterocycles. The van der Waals surface area contributed by atoms with E-state index in [0.717, 1.165) is 5.56 Å². The van der Waals surface area contributed by atoms with Crippen LogP contribution in [0.15, 0.2) is 30.3 Å². The molecule has 1 aliphatic heterocycles. The monoisotopic (exact) mass is 277 g/mol. The van der Waals surface area contributed by atoms with Gasteiger partial charge < -0.3 is 15.2 Å². The summed E-state index contributed by atoms with van der Waals surface area (Å²) >= 11 is 0. The highest BCUT2D eigenvalue weighted by atomic mass is 16.5. The van der Waals surface area contributed by atoms with Crippen molar-refractivity contribution in [2.45, 2.75) is 32.6 Å². The maximum absolute atomic E-state index is 11.6. The lowest BCUT2D eigenvalue weighted by Gasteiger charge is -2.42. The van der Waals surface area contributed by atoms with Gasteiger partial charge in [-0.3, -0.25) is 9.59 Å². The average molecular weight is 277 g/mol. The number of hydrogen-bond donors (Lipinski definition) is 2. The van der Waals surface area contributed by atoms with Crippen molar-refractivity contribution in [3.63, 3.8) is 0 Å². The molecule has 1 heterocycles. The lowest BCUT2D eigenvalue weighted by molar-refractivity contribution is -0.153. The number of carbonyl (C=O) groups excluding carboxylic acids is 1. The molecule has 1 amide bonds. The number of carboxylic acids is 1. The van der Waals surface area contributed by atoms with Gasteiger partial charge in [0.2, 0.25) is 5.91 Å². The first kappa shape index (κ1) is 14.5. The highest BCUT2D eigenvalue weighted by Crippen LogP contribution is 2.27. The lowest BCUT2D eigenvalue weighted by Crippen LogP contribution is -2.65. The van der Waals surface area contributed by atoms with Crippen molar-refractivity contribution in [2.24, 2.45) is 11.8 Å². The predicted octanol–water partition coefficient (Wildman–Crippen LogP) is 1.43. The van der Waals surface area contributed by atoms with Crippen LogP contribution in [-0.4, -0.2) is 29.1 Å². The van der Waals surface area contributed by atoms with Crippen molar-refractivity contribution < 1.29 is 19.4 Å². The first-order chi connectivity index (χ1) is 9.50. The molecule has 1 aliphatic rings. The van der Waals surface area contributed by atoms with Gasteiger partial charge in [0, 0.05) is 0 Å². The first-order valence-electron chi connectivity index (χ1n) is 6.69. The number of ether oxygens (including phenoxy) is 1. The van der Waals surface area contributed by atoms with Gasteiger partial charge in [0.15, 0.2) is 0 Å². The molecule has 4 unspecified atom stereocenters. The van der Waals surface area contributed by atoms with Crippen molar-refractivity contribution in [1.29, 1.82) is 0 Å². The summed E-state index contributed by atoms with van der Waals surface area (Å²) < 4.78 is 5.71. The third-order valence-electron chi connectivity index (χ3n) is 3.79. The fraction of sp³-hybridized carbons (Fsp3) is 0.467. The van der Waals surface area contributed by atoms with Crippen LogP contribution in [0.5, 0.6) is 0 Å². The molecule has 0 aliphatic carbocycles. The van der Waals surface area contributed by atoms with Gasteiger partial charge in [-0.15, -0.1) is 0 Å². The van der Waals surface area contributed by atoms with Gasteiger partial charge in [0.1, 0.15) is 0 Å². The van der Waals surface area contributed by atoms with Crippen molar-refractivity contribution in [3.05, 3.63) is 35.9 Å². The van der Waals surface area contributed by atoms with E-state index in [1.165, 1.54) is 0 Å². The Bertz CT molecular complexity index is 488. The standard InChI is InChI=1S/C15H19NO4/c1-9(15(18)19)13-12(14(17)16-13)10(2)20-8-11-6-4-3-5-7-11/h3-7,9-10,12-13H,8H2,1-2H3,(H,16,17)(H,18,19). The van der Waals surface area contributed by atoms with Crippen molar-refractivity contribution in [1.82, 2.24) is 5.32 Å². The van der Waals surface area contributed by atoms with E-state index in [2.05, 4.69) is 5.32 Å². The number of benzene rings is 1. The largest absolute Gasteiger partial charge is 0.481 e. The quantitative estimate of drug-likeness (QED) is 0.771. The minimum Gasteiger partial charge on any atom is -0.481 e. The van der Waals surface area contributed by atoms with Crippen LogP contribution in [0.3, 0.4) is 0 Å². The van der Waals surface area contributed by atoms with Crippen LogP contribution in [0.1, 0.15) is 19.4 Å². The predicted molar refractivity (Wildman–Crippen MR) is 72.9 cm³/mol. The maximum Gasteiger partial charge on any atom is 0.308 e. The van der Waals surface area contributed by atoms with Gasteiger partial charge in [-0.05, 0) is 19.4 Å². The number of aliphatic carboxylic acids is 1. The van der Waals surface area contributed by atoms with E-state index < -0.39 is 17.8 Å². The third-order valence-corrected chi connectivity index (χ3v) is 3.79. The SMILES string of the molecule is CC(OCc1ccccc1)C1C(=O)NC1C(C)C(=O)O. The van der Waals surface area contributed by atoms with Crippen LogP contribution in [0.25, 0.3) is 0 Å². The normalized spacial score (nSPS) is 24.4. The van der Waals surface area contributed by atoms with E-state index in [9.17, 15) is 9.59 Å². The molecule has 0 saturated carbocycles. The van der Waals surface area contributed by atoms with Crippen LogP contribution < -0.4 is 5.32 Å². The molecule has 0 radical (unpaired) electrons. The smallest absolute Gasteiger partial charge is 0.308 e. The molecule has 0 bridgehead atoms. The Kier molecular flexibility index (Phi) is 4.39. The van der Waals surface area contributed by atoms with Crippen LogP contribution in [0, 0.1) is 11.8 Å². The molecule has 5 heteroatoms. The minimum absolute atomic E-state index is 0.135. The molecule has 5 nitrogen and oxygen atoms in total. The second kappa shape index (κ2) is 6.05. The van der Waals surface area contributed by atoms with E-state index in [0.29, 0.717) is 6.61 Å². The van der Waals surface area contributed by atoms with Crippen LogP contribution >= 0.6 is 0 Å². The average Bonchev–Trinajstić information content (AvgIpc) is 2.42. The Labute approximate surface area is 117 Å². The molecular weight excluding hydrogens is 258 g/mol. The number of nitrogens with one attached hydrogen (secondary N) is 1. The Balaban J connectivity index is 1.92. The van der Waals surface area contributed by atoms with E-state index in [4.69, 9.17) is 9.84 Å². The number of rotatable bonds is 6. The van der Waals surface area contributed by atoms with Crippen molar-refractivity contribution in [2.75, 3.05) is 0 Å². The zero-order valence-electron chi connectivity index (χ0n) is 11.6. The summed E-state index contributed by atoms with van der Waals surface area (Å²) in [5.74, 6) is -2.05. The fourth-order valence-corrected chi connectivity index (χ4v) is 2.42. The number of amides is 1. The molecule has 1 saturated heterocycles. The summed E-state index contributed by atoms with van der Waals surface area (Å²) in [4.78, 5) is 22.6. The summed E-state index contributed by atoms with van der Waals surface area (Å²) in [5.41, 5.74) is 1.03. The van der Waals surface area contributed by atoms with Crippen molar-refractivity contribution in [3.8, 4) is 0 Å². The van der Waals surface area contributed by atoms with Gasteiger partial charge in [0.25, 0.3) is 0 Å². The van der Waals surface area contributed by atoms with Crippen LogP contribution in [0.4, 0.5) is 0 Å². The topological polar surface area (TPSA) is 75.6 Å². The molecule has 20 heavy (non-hydrogen) atoms. The molecular formula is C15H19NO4. The second-order valence-corrected chi connectivity index (χ2v) is 5.19. The van der Waals surface area contributed by atoms with Gasteiger partial charge in [-0.1, -0.05) is 30.3 Å². The van der Waals surface area contributed by atoms with Gasteiger partial charge >= 0.3 is 5.97 Å². The highest BCUT2D eigenvalue weighted by molar-refractivity contribution is 5.88.